The molecule has 0 aromatic heterocycles. The number of hydrogen-bond acceptors (Lipinski definition) is 1. The fraction of sp³-hybridized carbons (Fsp3) is 1.00. The van der Waals surface area contributed by atoms with E-state index in [9.17, 15) is 4.57 Å². The first-order valence-corrected chi connectivity index (χ1v) is 5.38. The molecule has 0 spiro atoms. The Balaban J connectivity index is 3.50. The summed E-state index contributed by atoms with van der Waals surface area (Å²) in [5.74, 6) is 0. The predicted octanol–water partition coefficient (Wildman–Crippen LogP) is 2.42. The van der Waals surface area contributed by atoms with Gasteiger partial charge in [-0.3, -0.25) is 4.57 Å². The Morgan fingerprint density at radius 1 is 1.50 bits per heavy atom. The third-order valence-electron chi connectivity index (χ3n) is 1.75. The lowest BCUT2D eigenvalue weighted by molar-refractivity contribution is 0.477. The molecule has 0 fully saturated rings. The summed E-state index contributed by atoms with van der Waals surface area (Å²) in [7, 11) is -2.25. The van der Waals surface area contributed by atoms with E-state index >= 15 is 0 Å². The van der Waals surface area contributed by atoms with Crippen LogP contribution in [-0.4, -0.2) is 10.6 Å². The first-order chi connectivity index (χ1) is 4.72. The second kappa shape index (κ2) is 5.94. The van der Waals surface area contributed by atoms with Crippen LogP contribution in [0.1, 0.15) is 39.5 Å². The standard InChI is InChI=1S/C7H17O2P/c1-3-5-6-7(4-2)10(8)9/h7,10H,3-6H2,1-2H3,(H,8,9). The zero-order valence-electron chi connectivity index (χ0n) is 6.76. The van der Waals surface area contributed by atoms with Crippen LogP contribution in [0.4, 0.5) is 0 Å². The zero-order valence-corrected chi connectivity index (χ0v) is 7.76. The number of rotatable bonds is 5. The Hall–Kier alpha value is 0.190. The minimum atomic E-state index is -2.25. The molecule has 2 nitrogen and oxygen atoms in total. The van der Waals surface area contributed by atoms with Crippen LogP contribution in [0, 0.1) is 0 Å². The first kappa shape index (κ1) is 10.2. The molecule has 0 heterocycles. The van der Waals surface area contributed by atoms with Gasteiger partial charge in [-0.15, -0.1) is 0 Å². The summed E-state index contributed by atoms with van der Waals surface area (Å²) in [6.07, 6.45) is 3.96. The fourth-order valence-electron chi connectivity index (χ4n) is 0.953. The lowest BCUT2D eigenvalue weighted by Crippen LogP contribution is -1.99. The molecule has 0 saturated heterocycles. The van der Waals surface area contributed by atoms with Gasteiger partial charge >= 0.3 is 0 Å². The zero-order chi connectivity index (χ0) is 7.98. The van der Waals surface area contributed by atoms with Crippen LogP contribution in [-0.2, 0) is 4.57 Å². The molecule has 10 heavy (non-hydrogen) atoms. The summed E-state index contributed by atoms with van der Waals surface area (Å²) in [6, 6.07) is 0. The van der Waals surface area contributed by atoms with Crippen molar-refractivity contribution < 1.29 is 9.46 Å². The normalized spacial score (nSPS) is 16.7. The van der Waals surface area contributed by atoms with Crippen molar-refractivity contribution in [1.29, 1.82) is 0 Å². The second-order valence-electron chi connectivity index (χ2n) is 2.59. The maximum atomic E-state index is 10.6. The SMILES string of the molecule is CCCCC(CC)[PH](=O)O. The highest BCUT2D eigenvalue weighted by molar-refractivity contribution is 7.38. The van der Waals surface area contributed by atoms with Gasteiger partial charge in [-0.1, -0.05) is 26.7 Å². The molecule has 0 amide bonds. The van der Waals surface area contributed by atoms with Crippen LogP contribution >= 0.6 is 8.03 Å². The van der Waals surface area contributed by atoms with Gasteiger partial charge in [0.15, 0.2) is 8.03 Å². The third-order valence-corrected chi connectivity index (χ3v) is 3.14. The van der Waals surface area contributed by atoms with Gasteiger partial charge in [-0.05, 0) is 12.8 Å². The molecule has 0 radical (unpaired) electrons. The van der Waals surface area contributed by atoms with Crippen molar-refractivity contribution in [3.8, 4) is 0 Å². The molecule has 0 saturated carbocycles. The molecule has 0 aromatic rings. The molecule has 1 N–H and O–H groups in total. The van der Waals surface area contributed by atoms with Crippen molar-refractivity contribution in [1.82, 2.24) is 0 Å². The molecule has 0 aliphatic carbocycles. The van der Waals surface area contributed by atoms with Gasteiger partial charge in [0.1, 0.15) is 0 Å². The van der Waals surface area contributed by atoms with Gasteiger partial charge in [-0.2, -0.15) is 0 Å². The molecule has 2 unspecified atom stereocenters. The molecule has 2 atom stereocenters. The average molecular weight is 164 g/mol. The summed E-state index contributed by atoms with van der Waals surface area (Å²) in [6.45, 7) is 4.07. The van der Waals surface area contributed by atoms with E-state index in [2.05, 4.69) is 6.92 Å². The number of hydrogen-bond donors (Lipinski definition) is 1. The lowest BCUT2D eigenvalue weighted by Gasteiger charge is -2.08. The summed E-state index contributed by atoms with van der Waals surface area (Å²) in [5, 5.41) is 0. The van der Waals surface area contributed by atoms with E-state index in [1.807, 2.05) is 6.92 Å². The summed E-state index contributed by atoms with van der Waals surface area (Å²) >= 11 is 0. The predicted molar refractivity (Wildman–Crippen MR) is 44.8 cm³/mol. The Morgan fingerprint density at radius 3 is 2.40 bits per heavy atom. The molecule has 3 heteroatoms. The molecule has 0 aliphatic rings. The van der Waals surface area contributed by atoms with Crippen LogP contribution in [0.3, 0.4) is 0 Å². The Bertz CT molecular complexity index is 104. The van der Waals surface area contributed by atoms with Crippen LogP contribution in [0.25, 0.3) is 0 Å². The van der Waals surface area contributed by atoms with Crippen LogP contribution in [0.15, 0.2) is 0 Å². The van der Waals surface area contributed by atoms with Gasteiger partial charge in [0, 0.05) is 5.66 Å². The monoisotopic (exact) mass is 164 g/mol. The number of unbranched alkanes of at least 4 members (excludes halogenated alkanes) is 1. The first-order valence-electron chi connectivity index (χ1n) is 3.95. The van der Waals surface area contributed by atoms with Gasteiger partial charge in [0.2, 0.25) is 0 Å². The van der Waals surface area contributed by atoms with Crippen molar-refractivity contribution in [2.75, 3.05) is 0 Å². The largest absolute Gasteiger partial charge is 0.346 e. The van der Waals surface area contributed by atoms with Crippen molar-refractivity contribution in [2.24, 2.45) is 0 Å². The van der Waals surface area contributed by atoms with E-state index < -0.39 is 8.03 Å². The maximum absolute atomic E-state index is 10.6. The highest BCUT2D eigenvalue weighted by Crippen LogP contribution is 2.29. The molecular weight excluding hydrogens is 147 g/mol. The van der Waals surface area contributed by atoms with Crippen LogP contribution < -0.4 is 0 Å². The van der Waals surface area contributed by atoms with Crippen molar-refractivity contribution in [2.45, 2.75) is 45.2 Å². The minimum absolute atomic E-state index is 0.0740. The minimum Gasteiger partial charge on any atom is -0.346 e. The lowest BCUT2D eigenvalue weighted by atomic mass is 10.2. The van der Waals surface area contributed by atoms with Crippen LogP contribution in [0.2, 0.25) is 0 Å². The Labute approximate surface area is 63.5 Å². The van der Waals surface area contributed by atoms with E-state index in [0.29, 0.717) is 0 Å². The van der Waals surface area contributed by atoms with E-state index in [0.717, 1.165) is 25.7 Å². The van der Waals surface area contributed by atoms with Crippen molar-refractivity contribution in [3.63, 3.8) is 0 Å². The molecule has 0 rings (SSSR count). The third kappa shape index (κ3) is 4.08. The molecular formula is C7H17O2P. The summed E-state index contributed by atoms with van der Waals surface area (Å²) < 4.78 is 10.6. The molecule has 0 aromatic carbocycles. The van der Waals surface area contributed by atoms with Gasteiger partial charge < -0.3 is 4.89 Å². The average Bonchev–Trinajstić information content (AvgIpc) is 1.89. The summed E-state index contributed by atoms with van der Waals surface area (Å²) in [4.78, 5) is 8.79. The van der Waals surface area contributed by atoms with Crippen molar-refractivity contribution in [3.05, 3.63) is 0 Å². The van der Waals surface area contributed by atoms with Gasteiger partial charge in [0.05, 0.1) is 0 Å². The Kier molecular flexibility index (Phi) is 6.05. The molecule has 62 valence electrons. The molecule has 0 bridgehead atoms. The van der Waals surface area contributed by atoms with Crippen molar-refractivity contribution >= 4 is 8.03 Å². The highest BCUT2D eigenvalue weighted by atomic mass is 31.1. The van der Waals surface area contributed by atoms with E-state index in [-0.39, 0.29) is 5.66 Å². The van der Waals surface area contributed by atoms with Crippen LogP contribution in [0.5, 0.6) is 0 Å². The van der Waals surface area contributed by atoms with E-state index in [4.69, 9.17) is 4.89 Å². The topological polar surface area (TPSA) is 37.3 Å². The summed E-state index contributed by atoms with van der Waals surface area (Å²) in [5.41, 5.74) is 0.0740. The Morgan fingerprint density at radius 2 is 2.10 bits per heavy atom. The second-order valence-corrected chi connectivity index (χ2v) is 4.08. The van der Waals surface area contributed by atoms with Gasteiger partial charge in [-0.25, -0.2) is 0 Å². The van der Waals surface area contributed by atoms with E-state index in [1.54, 1.807) is 0 Å². The van der Waals surface area contributed by atoms with E-state index in [1.165, 1.54) is 0 Å². The maximum Gasteiger partial charge on any atom is 0.192 e. The van der Waals surface area contributed by atoms with Gasteiger partial charge in [0.25, 0.3) is 0 Å². The quantitative estimate of drug-likeness (QED) is 0.633. The smallest absolute Gasteiger partial charge is 0.192 e. The molecule has 0 aliphatic heterocycles. The highest BCUT2D eigenvalue weighted by Gasteiger charge is 2.09. The fourth-order valence-corrected chi connectivity index (χ4v) is 1.75.